The fourth-order valence-electron chi connectivity index (χ4n) is 1.82. The van der Waals surface area contributed by atoms with Crippen LogP contribution in [0, 0.1) is 13.8 Å². The third-order valence-corrected chi connectivity index (χ3v) is 3.98. The second kappa shape index (κ2) is 6.77. The highest BCUT2D eigenvalue weighted by molar-refractivity contribution is 7.15. The van der Waals surface area contributed by atoms with E-state index in [9.17, 15) is 4.79 Å². The van der Waals surface area contributed by atoms with Crippen LogP contribution in [0.25, 0.3) is 0 Å². The number of anilines is 1. The van der Waals surface area contributed by atoms with Crippen molar-refractivity contribution in [3.05, 3.63) is 23.0 Å². The van der Waals surface area contributed by atoms with E-state index in [1.807, 2.05) is 37.8 Å². The molecule has 0 aliphatic heterocycles. The zero-order valence-electron chi connectivity index (χ0n) is 12.6. The number of carbonyl (C=O) groups excluding carboxylic acids is 1. The Bertz CT molecular complexity index is 607. The standard InChI is InChI=1S/C13H20N6OS/c1-8-5-15-19(7-8)10(3)9(2)14-6-12(20)16-13-18-17-11(4)21-13/h5,7,9-10,14H,6H2,1-4H3,(H,16,18,20). The molecule has 114 valence electrons. The Balaban J connectivity index is 1.80. The molecule has 2 heterocycles. The van der Waals surface area contributed by atoms with Gasteiger partial charge in [-0.1, -0.05) is 11.3 Å². The smallest absolute Gasteiger partial charge is 0.240 e. The molecule has 2 unspecified atom stereocenters. The van der Waals surface area contributed by atoms with Crippen LogP contribution in [0.3, 0.4) is 0 Å². The quantitative estimate of drug-likeness (QED) is 0.845. The number of aryl methyl sites for hydroxylation is 2. The number of carbonyl (C=O) groups is 1. The van der Waals surface area contributed by atoms with Crippen molar-refractivity contribution in [2.45, 2.75) is 39.8 Å². The van der Waals surface area contributed by atoms with Gasteiger partial charge in [0, 0.05) is 12.2 Å². The first-order valence-electron chi connectivity index (χ1n) is 6.80. The Morgan fingerprint density at radius 2 is 2.14 bits per heavy atom. The molecule has 0 aliphatic carbocycles. The van der Waals surface area contributed by atoms with Gasteiger partial charge in [-0.3, -0.25) is 14.8 Å². The molecule has 0 saturated carbocycles. The maximum atomic E-state index is 11.8. The van der Waals surface area contributed by atoms with Crippen LogP contribution in [-0.4, -0.2) is 38.5 Å². The third-order valence-electron chi connectivity index (χ3n) is 3.23. The van der Waals surface area contributed by atoms with Crippen LogP contribution in [0.15, 0.2) is 12.4 Å². The SMILES string of the molecule is Cc1cnn(C(C)C(C)NCC(=O)Nc2nnc(C)s2)c1. The Hall–Kier alpha value is -1.80. The highest BCUT2D eigenvalue weighted by Gasteiger charge is 2.16. The average molecular weight is 308 g/mol. The van der Waals surface area contributed by atoms with E-state index >= 15 is 0 Å². The van der Waals surface area contributed by atoms with E-state index < -0.39 is 0 Å². The fraction of sp³-hybridized carbons (Fsp3) is 0.538. The molecule has 21 heavy (non-hydrogen) atoms. The van der Waals surface area contributed by atoms with Crippen molar-refractivity contribution >= 4 is 22.4 Å². The molecule has 2 atom stereocenters. The van der Waals surface area contributed by atoms with Crippen LogP contribution in [0.2, 0.25) is 0 Å². The first-order chi connectivity index (χ1) is 9.95. The normalized spacial score (nSPS) is 13.9. The van der Waals surface area contributed by atoms with Crippen LogP contribution < -0.4 is 10.6 Å². The van der Waals surface area contributed by atoms with E-state index in [-0.39, 0.29) is 24.5 Å². The third kappa shape index (κ3) is 4.33. The first-order valence-corrected chi connectivity index (χ1v) is 7.61. The predicted molar refractivity (Wildman–Crippen MR) is 82.4 cm³/mol. The minimum Gasteiger partial charge on any atom is -0.304 e. The molecule has 1 amide bonds. The summed E-state index contributed by atoms with van der Waals surface area (Å²) in [6.45, 7) is 8.18. The van der Waals surface area contributed by atoms with Crippen molar-refractivity contribution in [1.29, 1.82) is 0 Å². The molecule has 7 nitrogen and oxygen atoms in total. The minimum absolute atomic E-state index is 0.117. The van der Waals surface area contributed by atoms with Crippen molar-refractivity contribution in [2.24, 2.45) is 0 Å². The summed E-state index contributed by atoms with van der Waals surface area (Å²) in [5, 5.41) is 19.3. The summed E-state index contributed by atoms with van der Waals surface area (Å²) in [6.07, 6.45) is 3.82. The van der Waals surface area contributed by atoms with Gasteiger partial charge in [0.1, 0.15) is 5.01 Å². The lowest BCUT2D eigenvalue weighted by molar-refractivity contribution is -0.115. The second-order valence-corrected chi connectivity index (χ2v) is 6.26. The first kappa shape index (κ1) is 15.6. The number of aromatic nitrogens is 4. The molecule has 8 heteroatoms. The van der Waals surface area contributed by atoms with Crippen molar-refractivity contribution in [2.75, 3.05) is 11.9 Å². The summed E-state index contributed by atoms with van der Waals surface area (Å²) in [4.78, 5) is 11.8. The molecule has 0 aromatic carbocycles. The summed E-state index contributed by atoms with van der Waals surface area (Å²) < 4.78 is 1.90. The lowest BCUT2D eigenvalue weighted by atomic mass is 10.2. The van der Waals surface area contributed by atoms with E-state index in [2.05, 4.69) is 32.9 Å². The Morgan fingerprint density at radius 3 is 2.71 bits per heavy atom. The van der Waals surface area contributed by atoms with Gasteiger partial charge in [-0.15, -0.1) is 10.2 Å². The van der Waals surface area contributed by atoms with Gasteiger partial charge in [0.25, 0.3) is 0 Å². The highest BCUT2D eigenvalue weighted by atomic mass is 32.1. The molecule has 2 rings (SSSR count). The number of rotatable bonds is 6. The van der Waals surface area contributed by atoms with E-state index in [1.165, 1.54) is 11.3 Å². The molecular weight excluding hydrogens is 288 g/mol. The summed E-state index contributed by atoms with van der Waals surface area (Å²) in [5.74, 6) is -0.123. The van der Waals surface area contributed by atoms with Gasteiger partial charge in [-0.25, -0.2) is 0 Å². The topological polar surface area (TPSA) is 84.7 Å². The average Bonchev–Trinajstić information content (AvgIpc) is 3.04. The van der Waals surface area contributed by atoms with E-state index in [4.69, 9.17) is 0 Å². The molecule has 0 saturated heterocycles. The second-order valence-electron chi connectivity index (χ2n) is 5.08. The maximum Gasteiger partial charge on any atom is 0.240 e. The molecule has 0 radical (unpaired) electrons. The molecule has 2 aromatic heterocycles. The van der Waals surface area contributed by atoms with Gasteiger partial charge >= 0.3 is 0 Å². The minimum atomic E-state index is -0.123. The number of nitrogens with zero attached hydrogens (tertiary/aromatic N) is 4. The largest absolute Gasteiger partial charge is 0.304 e. The molecule has 0 aliphatic rings. The van der Waals surface area contributed by atoms with Crippen LogP contribution in [0.4, 0.5) is 5.13 Å². The molecule has 2 aromatic rings. The summed E-state index contributed by atoms with van der Waals surface area (Å²) >= 11 is 1.36. The highest BCUT2D eigenvalue weighted by Crippen LogP contribution is 2.13. The van der Waals surface area contributed by atoms with Crippen LogP contribution in [-0.2, 0) is 4.79 Å². The monoisotopic (exact) mass is 308 g/mol. The summed E-state index contributed by atoms with van der Waals surface area (Å²) in [6, 6.07) is 0.279. The van der Waals surface area contributed by atoms with E-state index in [1.54, 1.807) is 0 Å². The van der Waals surface area contributed by atoms with Crippen molar-refractivity contribution in [3.63, 3.8) is 0 Å². The van der Waals surface area contributed by atoms with Gasteiger partial charge in [0.2, 0.25) is 11.0 Å². The summed E-state index contributed by atoms with van der Waals surface area (Å²) in [7, 11) is 0. The Labute approximate surface area is 127 Å². The lowest BCUT2D eigenvalue weighted by Gasteiger charge is -2.21. The Kier molecular flexibility index (Phi) is 5.03. The van der Waals surface area contributed by atoms with Gasteiger partial charge in [0.15, 0.2) is 0 Å². The van der Waals surface area contributed by atoms with Crippen molar-refractivity contribution in [3.8, 4) is 0 Å². The fourth-order valence-corrected chi connectivity index (χ4v) is 2.43. The molecule has 0 bridgehead atoms. The van der Waals surface area contributed by atoms with Crippen LogP contribution in [0.5, 0.6) is 0 Å². The summed E-state index contributed by atoms with van der Waals surface area (Å²) in [5.41, 5.74) is 1.12. The molecule has 2 N–H and O–H groups in total. The number of amides is 1. The molecule has 0 fully saturated rings. The number of hydrogen-bond donors (Lipinski definition) is 2. The predicted octanol–water partition coefficient (Wildman–Crippen LogP) is 1.53. The lowest BCUT2D eigenvalue weighted by Crippen LogP contribution is -2.39. The van der Waals surface area contributed by atoms with E-state index in [0.717, 1.165) is 10.6 Å². The Morgan fingerprint density at radius 1 is 1.38 bits per heavy atom. The molecule has 0 spiro atoms. The van der Waals surface area contributed by atoms with Gasteiger partial charge in [-0.05, 0) is 33.3 Å². The molecular formula is C13H20N6OS. The zero-order valence-corrected chi connectivity index (χ0v) is 13.4. The van der Waals surface area contributed by atoms with Crippen LogP contribution >= 0.6 is 11.3 Å². The maximum absolute atomic E-state index is 11.8. The van der Waals surface area contributed by atoms with Gasteiger partial charge in [0.05, 0.1) is 18.8 Å². The zero-order chi connectivity index (χ0) is 15.4. The number of hydrogen-bond acceptors (Lipinski definition) is 6. The van der Waals surface area contributed by atoms with E-state index in [0.29, 0.717) is 5.13 Å². The van der Waals surface area contributed by atoms with Gasteiger partial charge < -0.3 is 5.32 Å². The van der Waals surface area contributed by atoms with Crippen LogP contribution in [0.1, 0.15) is 30.5 Å². The number of nitrogens with one attached hydrogen (secondary N) is 2. The van der Waals surface area contributed by atoms with Crippen molar-refractivity contribution in [1.82, 2.24) is 25.3 Å². The van der Waals surface area contributed by atoms with Gasteiger partial charge in [-0.2, -0.15) is 5.10 Å². The van der Waals surface area contributed by atoms with Crippen molar-refractivity contribution < 1.29 is 4.79 Å².